The van der Waals surface area contributed by atoms with Gasteiger partial charge in [0.05, 0.1) is 11.8 Å². The molecule has 0 aliphatic heterocycles. The molecule has 0 aromatic rings. The molecule has 0 fully saturated rings. The molecule has 0 aromatic heterocycles. The van der Waals surface area contributed by atoms with Crippen LogP contribution < -0.4 is 0 Å². The third kappa shape index (κ3) is 3.38. The van der Waals surface area contributed by atoms with E-state index in [1.807, 2.05) is 0 Å². The van der Waals surface area contributed by atoms with Crippen molar-refractivity contribution in [2.75, 3.05) is 0 Å². The highest BCUT2D eigenvalue weighted by Crippen LogP contribution is 2.40. The van der Waals surface area contributed by atoms with E-state index in [0.717, 1.165) is 0 Å². The smallest absolute Gasteiger partial charge is 0.171 e. The summed E-state index contributed by atoms with van der Waals surface area (Å²) in [6, 6.07) is 0. The molecule has 2 atom stereocenters. The topological polar surface area (TPSA) is 0 Å². The zero-order valence-corrected chi connectivity index (χ0v) is 7.92. The summed E-state index contributed by atoms with van der Waals surface area (Å²) in [7, 11) is 0. The van der Waals surface area contributed by atoms with Crippen LogP contribution in [0.1, 0.15) is 22.1 Å². The molecular formula is C8H12F6. The second-order valence-corrected chi connectivity index (χ2v) is 3.27. The molecule has 6 heteroatoms. The number of alkyl halides is 6. The molecule has 0 aliphatic rings. The fraction of sp³-hybridized carbons (Fsp3) is 1.00. The summed E-state index contributed by atoms with van der Waals surface area (Å²) in [6.45, 7) is 1.84. The van der Waals surface area contributed by atoms with Crippen LogP contribution in [0.2, 0.25) is 0 Å². The van der Waals surface area contributed by atoms with Crippen molar-refractivity contribution < 1.29 is 27.7 Å². The van der Waals surface area contributed by atoms with Crippen molar-refractivity contribution in [2.24, 2.45) is 17.7 Å². The first kappa shape index (κ1) is 11.7. The highest BCUT2D eigenvalue weighted by Gasteiger charge is 2.48. The molecule has 0 bridgehead atoms. The van der Waals surface area contributed by atoms with Crippen LogP contribution in [0, 0.1) is 17.7 Å². The van der Waals surface area contributed by atoms with Crippen molar-refractivity contribution in [2.45, 2.75) is 33.1 Å². The third-order valence-corrected chi connectivity index (χ3v) is 2.35. The lowest BCUT2D eigenvalue weighted by Crippen LogP contribution is -2.35. The molecule has 0 saturated carbocycles. The van der Waals surface area contributed by atoms with E-state index in [0.29, 0.717) is 20.8 Å². The lowest BCUT2D eigenvalue weighted by molar-refractivity contribution is -0.222. The Bertz CT molecular complexity index is 194. The molecule has 0 spiro atoms. The maximum absolute atomic E-state index is 12.2. The minimum atomic E-state index is -4.80. The molecule has 0 radical (unpaired) electrons. The Hall–Kier alpha value is -0.420. The van der Waals surface area contributed by atoms with Crippen molar-refractivity contribution in [3.05, 3.63) is 0 Å². The highest BCUT2D eigenvalue weighted by atomic mass is 19.4. The Morgan fingerprint density at radius 3 is 1.14 bits per heavy atom. The van der Waals surface area contributed by atoms with Crippen LogP contribution >= 0.6 is 0 Å². The van der Waals surface area contributed by atoms with Crippen molar-refractivity contribution in [3.63, 3.8) is 0 Å². The SMILES string of the molecule is [2H]C(C)(C(C)C(F)(F)F)C(C)C(F)(F)F. The predicted molar refractivity (Wildman–Crippen MR) is 39.6 cm³/mol. The molecule has 0 aromatic carbocycles. The van der Waals surface area contributed by atoms with E-state index in [-0.39, 0.29) is 0 Å². The van der Waals surface area contributed by atoms with Crippen LogP contribution in [0.3, 0.4) is 0 Å². The molecule has 0 aliphatic carbocycles. The summed E-state index contributed by atoms with van der Waals surface area (Å²) in [5.74, 6) is -7.28. The quantitative estimate of drug-likeness (QED) is 0.620. The zero-order valence-electron chi connectivity index (χ0n) is 8.92. The van der Waals surface area contributed by atoms with Crippen LogP contribution in [0.15, 0.2) is 0 Å². The van der Waals surface area contributed by atoms with Gasteiger partial charge in [-0.2, -0.15) is 26.3 Å². The van der Waals surface area contributed by atoms with Crippen LogP contribution in [0.5, 0.6) is 0 Å². The Balaban J connectivity index is 4.98. The van der Waals surface area contributed by atoms with E-state index in [9.17, 15) is 26.3 Å². The second-order valence-electron chi connectivity index (χ2n) is 3.27. The molecular weight excluding hydrogens is 210 g/mol. The lowest BCUT2D eigenvalue weighted by Gasteiger charge is -2.29. The second kappa shape index (κ2) is 3.98. The summed E-state index contributed by atoms with van der Waals surface area (Å²) >= 11 is 0. The van der Waals surface area contributed by atoms with Crippen molar-refractivity contribution in [1.29, 1.82) is 0 Å². The molecule has 0 rings (SSSR count). The molecule has 0 heterocycles. The summed E-state index contributed by atoms with van der Waals surface area (Å²) < 4.78 is 80.4. The first-order chi connectivity index (χ1) is 6.31. The Kier molecular flexibility index (Phi) is 3.32. The fourth-order valence-corrected chi connectivity index (χ4v) is 0.891. The first-order valence-electron chi connectivity index (χ1n) is 4.44. The van der Waals surface area contributed by atoms with Crippen molar-refractivity contribution >= 4 is 0 Å². The largest absolute Gasteiger partial charge is 0.391 e. The minimum absolute atomic E-state index is 0.592. The van der Waals surface area contributed by atoms with Gasteiger partial charge in [-0.25, -0.2) is 0 Å². The maximum Gasteiger partial charge on any atom is 0.391 e. The normalized spacial score (nSPS) is 23.6. The van der Waals surface area contributed by atoms with Gasteiger partial charge >= 0.3 is 12.4 Å². The van der Waals surface area contributed by atoms with Gasteiger partial charge in [0.1, 0.15) is 0 Å². The highest BCUT2D eigenvalue weighted by molar-refractivity contribution is 4.77. The monoisotopic (exact) mass is 223 g/mol. The lowest BCUT2D eigenvalue weighted by atomic mass is 9.84. The number of hydrogen-bond acceptors (Lipinski definition) is 0. The summed E-state index contributed by atoms with van der Waals surface area (Å²) in [4.78, 5) is 0. The standard InChI is InChI=1S/C8H12F6/c1-4(5(2)7(9,10)11)6(3)8(12,13)14/h4-6H,1-3H3/i4D. The van der Waals surface area contributed by atoms with Gasteiger partial charge in [0, 0.05) is 1.37 Å². The van der Waals surface area contributed by atoms with E-state index in [1.165, 1.54) is 0 Å². The summed E-state index contributed by atoms with van der Waals surface area (Å²) in [6.07, 6.45) is -9.59. The molecule has 0 N–H and O–H groups in total. The molecule has 2 unspecified atom stereocenters. The van der Waals surface area contributed by atoms with Crippen molar-refractivity contribution in [1.82, 2.24) is 0 Å². The van der Waals surface area contributed by atoms with Gasteiger partial charge in [-0.3, -0.25) is 0 Å². The minimum Gasteiger partial charge on any atom is -0.171 e. The number of rotatable bonds is 2. The van der Waals surface area contributed by atoms with E-state index < -0.39 is 30.1 Å². The molecule has 86 valence electrons. The fourth-order valence-electron chi connectivity index (χ4n) is 0.891. The van der Waals surface area contributed by atoms with Gasteiger partial charge in [0.25, 0.3) is 0 Å². The zero-order chi connectivity index (χ0) is 12.7. The van der Waals surface area contributed by atoms with Crippen LogP contribution in [0.4, 0.5) is 26.3 Å². The first-order valence-corrected chi connectivity index (χ1v) is 3.94. The van der Waals surface area contributed by atoms with Gasteiger partial charge in [-0.05, 0) is 5.89 Å². The number of hydrogen-bond donors (Lipinski definition) is 0. The van der Waals surface area contributed by atoms with Crippen molar-refractivity contribution in [3.8, 4) is 0 Å². The van der Waals surface area contributed by atoms with Crippen LogP contribution in [0.25, 0.3) is 0 Å². The van der Waals surface area contributed by atoms with Gasteiger partial charge in [0.2, 0.25) is 0 Å². The average Bonchev–Trinajstić information content (AvgIpc) is 1.98. The molecule has 14 heavy (non-hydrogen) atoms. The van der Waals surface area contributed by atoms with Crippen LogP contribution in [-0.2, 0) is 0 Å². The van der Waals surface area contributed by atoms with Gasteiger partial charge in [-0.15, -0.1) is 0 Å². The Labute approximate surface area is 79.7 Å². The average molecular weight is 223 g/mol. The predicted octanol–water partition coefficient (Wildman–Crippen LogP) is 4.02. The summed E-state index contributed by atoms with van der Waals surface area (Å²) in [5, 5.41) is 0. The molecule has 0 amide bonds. The maximum atomic E-state index is 12.2. The Morgan fingerprint density at radius 2 is 1.00 bits per heavy atom. The van der Waals surface area contributed by atoms with E-state index >= 15 is 0 Å². The van der Waals surface area contributed by atoms with Gasteiger partial charge < -0.3 is 0 Å². The number of halogens is 6. The molecule has 0 nitrogen and oxygen atoms in total. The van der Waals surface area contributed by atoms with E-state index in [1.54, 1.807) is 0 Å². The third-order valence-electron chi connectivity index (χ3n) is 2.35. The summed E-state index contributed by atoms with van der Waals surface area (Å²) in [5.41, 5.74) is 0. The molecule has 0 saturated heterocycles. The van der Waals surface area contributed by atoms with E-state index in [4.69, 9.17) is 1.37 Å². The van der Waals surface area contributed by atoms with Gasteiger partial charge in [-0.1, -0.05) is 20.8 Å². The van der Waals surface area contributed by atoms with Crippen LogP contribution in [-0.4, -0.2) is 12.4 Å². The van der Waals surface area contributed by atoms with Gasteiger partial charge in [0.15, 0.2) is 0 Å². The Morgan fingerprint density at radius 1 is 0.786 bits per heavy atom. The van der Waals surface area contributed by atoms with E-state index in [2.05, 4.69) is 0 Å².